The Hall–Kier alpha value is -0.796. The van der Waals surface area contributed by atoms with E-state index in [4.69, 9.17) is 31.6 Å². The first-order valence-electron chi connectivity index (χ1n) is 25.1. The van der Waals surface area contributed by atoms with Crippen LogP contribution in [-0.2, 0) is 44.8 Å². The molecule has 2 aliphatic rings. The lowest BCUT2D eigenvalue weighted by Gasteiger charge is -2.50. The number of hydrogen-bond acceptors (Lipinski definition) is 8. The summed E-state index contributed by atoms with van der Waals surface area (Å²) in [5.41, 5.74) is 2.37. The molecule has 388 valence electrons. The summed E-state index contributed by atoms with van der Waals surface area (Å²) in [7, 11) is -9.93. The second-order valence-corrected chi connectivity index (χ2v) is 50.1. The number of aliphatic hydroxyl groups excluding tert-OH is 1. The Bertz CT molecular complexity index is 1660. The van der Waals surface area contributed by atoms with Crippen molar-refractivity contribution in [2.75, 3.05) is 0 Å². The predicted molar refractivity (Wildman–Crippen MR) is 298 cm³/mol. The fourth-order valence-corrected chi connectivity index (χ4v) is 13.8. The van der Waals surface area contributed by atoms with Gasteiger partial charge in [-0.25, -0.2) is 0 Å². The highest BCUT2D eigenvalue weighted by atomic mass is 28.4. The van der Waals surface area contributed by atoms with Gasteiger partial charge in [0.25, 0.3) is 0 Å². The normalized spacial score (nSPS) is 25.2. The fraction of sp³-hybridized carbons (Fsp3) is 0.778. The van der Waals surface area contributed by atoms with Crippen molar-refractivity contribution >= 4 is 41.6 Å². The lowest BCUT2D eigenvalue weighted by Crippen LogP contribution is -2.60. The van der Waals surface area contributed by atoms with Gasteiger partial charge in [0.05, 0.1) is 55.9 Å². The van der Waals surface area contributed by atoms with E-state index in [1.165, 1.54) is 5.56 Å². The van der Waals surface area contributed by atoms with Crippen LogP contribution in [0.5, 0.6) is 0 Å². The Balaban J connectivity index is 0.000000456. The van der Waals surface area contributed by atoms with Crippen molar-refractivity contribution < 1.29 is 36.7 Å². The molecule has 8 nitrogen and oxygen atoms in total. The Morgan fingerprint density at radius 2 is 0.672 bits per heavy atom. The smallest absolute Gasteiger partial charge is 0.192 e. The summed E-state index contributed by atoms with van der Waals surface area (Å²) in [6, 6.07) is 20.7. The number of aliphatic hydroxyl groups is 1. The monoisotopic (exact) mass is 1020 g/mol. The molecule has 67 heavy (non-hydrogen) atoms. The number of hydrogen-bond donors (Lipinski definition) is 1. The van der Waals surface area contributed by atoms with Gasteiger partial charge in [-0.2, -0.15) is 0 Å². The number of rotatable bonds is 16. The van der Waals surface area contributed by atoms with Crippen LogP contribution in [0.3, 0.4) is 0 Å². The molecule has 0 bridgehead atoms. The van der Waals surface area contributed by atoms with Crippen molar-refractivity contribution in [2.45, 2.75) is 270 Å². The molecule has 0 aromatic heterocycles. The SMILES string of the molecule is C.CC(C)(C)[Si](C)(C)O[C@@H]1CC(OCc2ccccc2)C[C@@H](O[Si](C)(C)C(C)(C)C)C1O.CC(C)(C)[Si](C)(C)O[C@@H]1CC(OCc2ccccc2)C[C@@H](O[Si](C)(C)C(C)(C)C)C1O[Si](C)(C)C. The Morgan fingerprint density at radius 1 is 0.418 bits per heavy atom. The van der Waals surface area contributed by atoms with Crippen molar-refractivity contribution in [1.82, 2.24) is 0 Å². The first-order valence-corrected chi connectivity index (χ1v) is 40.2. The first kappa shape index (κ1) is 62.3. The molecule has 0 heterocycles. The third kappa shape index (κ3) is 18.6. The predicted octanol–water partition coefficient (Wildman–Crippen LogP) is 15.5. The second kappa shape index (κ2) is 23.8. The third-order valence-electron chi connectivity index (χ3n) is 15.6. The van der Waals surface area contributed by atoms with E-state index in [1.807, 2.05) is 18.2 Å². The summed E-state index contributed by atoms with van der Waals surface area (Å²) in [6.07, 6.45) is 1.97. The average Bonchev–Trinajstić information content (AvgIpc) is 3.14. The summed E-state index contributed by atoms with van der Waals surface area (Å²) >= 11 is 0. The molecule has 0 radical (unpaired) electrons. The molecule has 2 saturated carbocycles. The van der Waals surface area contributed by atoms with Crippen molar-refractivity contribution in [3.8, 4) is 0 Å². The maximum Gasteiger partial charge on any atom is 0.192 e. The van der Waals surface area contributed by atoms with E-state index >= 15 is 0 Å². The highest BCUT2D eigenvalue weighted by Gasteiger charge is 2.51. The molecule has 4 rings (SSSR count). The van der Waals surface area contributed by atoms with E-state index in [9.17, 15) is 5.11 Å². The fourth-order valence-electron chi connectivity index (χ4n) is 7.35. The minimum atomic E-state index is -2.04. The van der Waals surface area contributed by atoms with E-state index in [1.54, 1.807) is 0 Å². The van der Waals surface area contributed by atoms with Crippen LogP contribution in [0.15, 0.2) is 60.7 Å². The lowest BCUT2D eigenvalue weighted by atomic mass is 9.90. The molecule has 2 aromatic carbocycles. The van der Waals surface area contributed by atoms with Gasteiger partial charge in [-0.05, 0) is 103 Å². The molecule has 2 aromatic rings. The van der Waals surface area contributed by atoms with E-state index in [0.29, 0.717) is 26.1 Å². The minimum absolute atomic E-state index is 0. The Kier molecular flexibility index (Phi) is 22.2. The van der Waals surface area contributed by atoms with Gasteiger partial charge in [-0.1, -0.05) is 151 Å². The maximum atomic E-state index is 11.3. The van der Waals surface area contributed by atoms with Gasteiger partial charge < -0.3 is 36.7 Å². The molecule has 1 N–H and O–H groups in total. The van der Waals surface area contributed by atoms with Gasteiger partial charge in [-0.3, -0.25) is 0 Å². The van der Waals surface area contributed by atoms with Gasteiger partial charge >= 0.3 is 0 Å². The molecular weight excluding hydrogens is 917 g/mol. The van der Waals surface area contributed by atoms with E-state index < -0.39 is 47.7 Å². The van der Waals surface area contributed by atoms with Crippen molar-refractivity contribution in [3.05, 3.63) is 71.8 Å². The summed E-state index contributed by atoms with van der Waals surface area (Å²) < 4.78 is 47.4. The van der Waals surface area contributed by atoms with Gasteiger partial charge in [0.2, 0.25) is 0 Å². The van der Waals surface area contributed by atoms with Crippen LogP contribution in [-0.4, -0.2) is 95.5 Å². The summed E-state index contributed by atoms with van der Waals surface area (Å²) in [4.78, 5) is 0. The number of benzene rings is 2. The van der Waals surface area contributed by atoms with E-state index in [2.05, 4.69) is 198 Å². The van der Waals surface area contributed by atoms with Gasteiger partial charge in [0.15, 0.2) is 41.6 Å². The van der Waals surface area contributed by atoms with Crippen LogP contribution in [0.25, 0.3) is 0 Å². The zero-order valence-electron chi connectivity index (χ0n) is 46.4. The molecule has 0 saturated heterocycles. The van der Waals surface area contributed by atoms with Crippen LogP contribution in [0.4, 0.5) is 0 Å². The first-order chi connectivity index (χ1) is 29.8. The Morgan fingerprint density at radius 3 is 0.925 bits per heavy atom. The summed E-state index contributed by atoms with van der Waals surface area (Å²) in [5.74, 6) is 0. The van der Waals surface area contributed by atoms with Gasteiger partial charge in [-0.15, -0.1) is 0 Å². The Labute approximate surface area is 418 Å². The van der Waals surface area contributed by atoms with E-state index in [-0.39, 0.29) is 70.3 Å². The molecule has 0 aliphatic heterocycles. The average molecular weight is 1020 g/mol. The highest BCUT2D eigenvalue weighted by molar-refractivity contribution is 6.75. The molecule has 0 amide bonds. The standard InChI is InChI=1S/C28H54O4Si3.C25H46O4Si2.CH4/c1-27(2,3)34(10,11)30-24-19-23(29-21-22-17-15-14-16-18-22)20-25(26(24)32-33(7,8)9)31-35(12,13)28(4,5)6;1-24(2,3)30(7,8)28-21-16-20(27-18-19-14-12-11-13-15-19)17-22(23(21)26)29-31(9,10)25(4,5)6;/h14-18,23-26H,19-21H2,1-13H3;11-15,20-23,26H,16-18H2,1-10H3;1H4/t23?,24-,25-,26?;20?,21-,22-,23?;/m11./s1. The number of ether oxygens (including phenoxy) is 2. The lowest BCUT2D eigenvalue weighted by molar-refractivity contribution is -0.124. The molecule has 0 spiro atoms. The molecule has 2 fully saturated rings. The van der Waals surface area contributed by atoms with Crippen molar-refractivity contribution in [1.29, 1.82) is 0 Å². The quantitative estimate of drug-likeness (QED) is 0.167. The molecule has 13 heteroatoms. The molecular formula is C54H104O8Si5. The van der Waals surface area contributed by atoms with Gasteiger partial charge in [0, 0.05) is 25.7 Å². The molecule has 2 aliphatic carbocycles. The van der Waals surface area contributed by atoms with Crippen molar-refractivity contribution in [2.24, 2.45) is 0 Å². The minimum Gasteiger partial charge on any atom is -0.411 e. The van der Waals surface area contributed by atoms with Crippen LogP contribution in [0.1, 0.15) is 127 Å². The zero-order valence-corrected chi connectivity index (χ0v) is 51.4. The molecule has 0 unspecified atom stereocenters. The van der Waals surface area contributed by atoms with Crippen LogP contribution in [0, 0.1) is 0 Å². The van der Waals surface area contributed by atoms with Crippen molar-refractivity contribution in [3.63, 3.8) is 0 Å². The second-order valence-electron chi connectivity index (χ2n) is 26.6. The zero-order chi connectivity index (χ0) is 50.5. The van der Waals surface area contributed by atoms with Crippen LogP contribution < -0.4 is 0 Å². The molecule has 4 atom stereocenters. The third-order valence-corrected chi connectivity index (χ3v) is 34.6. The van der Waals surface area contributed by atoms with Crippen LogP contribution >= 0.6 is 0 Å². The summed E-state index contributed by atoms with van der Waals surface area (Å²) in [5, 5.41) is 11.8. The van der Waals surface area contributed by atoms with Crippen LogP contribution in [0.2, 0.25) is 92.2 Å². The maximum absolute atomic E-state index is 11.3. The van der Waals surface area contributed by atoms with E-state index in [0.717, 1.165) is 18.4 Å². The topological polar surface area (TPSA) is 84.8 Å². The summed E-state index contributed by atoms with van der Waals surface area (Å²) in [6.45, 7) is 53.7. The highest BCUT2D eigenvalue weighted by Crippen LogP contribution is 2.45. The largest absolute Gasteiger partial charge is 0.411 e. The van der Waals surface area contributed by atoms with Gasteiger partial charge in [0.1, 0.15) is 6.10 Å².